The van der Waals surface area contributed by atoms with Gasteiger partial charge in [-0.2, -0.15) is 16.8 Å². The molecule has 2 radical (unpaired) electrons. The van der Waals surface area contributed by atoms with Gasteiger partial charge in [-0.1, -0.05) is 47.3 Å². The van der Waals surface area contributed by atoms with E-state index in [9.17, 15) is 16.8 Å². The largest absolute Gasteiger partial charge is 0.286 e. The second kappa shape index (κ2) is 18.9. The smallest absolute Gasteiger partial charge is 0.264 e. The zero-order chi connectivity index (χ0) is 16.9. The minimum atomic E-state index is -3.80. The molecule has 0 aromatic carbocycles. The van der Waals surface area contributed by atoms with Crippen molar-refractivity contribution in [2.24, 2.45) is 0 Å². The molecule has 0 heterocycles. The first-order valence-corrected chi connectivity index (χ1v) is 13.1. The van der Waals surface area contributed by atoms with Gasteiger partial charge in [0.15, 0.2) is 0 Å². The van der Waals surface area contributed by atoms with Crippen molar-refractivity contribution in [2.45, 2.75) is 51.4 Å². The molecule has 0 aromatic rings. The van der Waals surface area contributed by atoms with Gasteiger partial charge in [-0.05, 0) is 25.7 Å². The Bertz CT molecular complexity index is 426. The molecule has 0 bridgehead atoms. The molecule has 0 aliphatic rings. The molecule has 2 N–H and O–H groups in total. The summed E-state index contributed by atoms with van der Waals surface area (Å²) in [5, 5.41) is 0. The summed E-state index contributed by atoms with van der Waals surface area (Å²) in [5.74, 6) is 1.76. The Balaban J connectivity index is -0.00000220. The second-order valence-electron chi connectivity index (χ2n) is 5.04. The van der Waals surface area contributed by atoms with Gasteiger partial charge >= 0.3 is 0 Å². The summed E-state index contributed by atoms with van der Waals surface area (Å²) < 4.78 is 59.1. The summed E-state index contributed by atoms with van der Waals surface area (Å²) in [6.07, 6.45) is 6.68. The molecule has 24 heavy (non-hydrogen) atoms. The molecule has 0 saturated carbocycles. The molecule has 0 aliphatic heterocycles. The molecule has 0 amide bonds. The van der Waals surface area contributed by atoms with E-state index < -0.39 is 20.2 Å². The quantitative estimate of drug-likeness (QED) is 0.173. The van der Waals surface area contributed by atoms with E-state index in [0.717, 1.165) is 50.0 Å². The maximum Gasteiger partial charge on any atom is 0.264 e. The molecular weight excluding hydrogens is 414 g/mol. The van der Waals surface area contributed by atoms with Crippen molar-refractivity contribution >= 4 is 101 Å². The molecule has 0 fully saturated rings. The maximum absolute atomic E-state index is 10.5. The molecule has 6 nitrogen and oxygen atoms in total. The molecule has 0 aromatic heterocycles. The number of rotatable bonds is 15. The Morgan fingerprint density at radius 2 is 0.833 bits per heavy atom. The van der Waals surface area contributed by atoms with Crippen molar-refractivity contribution in [3.63, 3.8) is 0 Å². The molecule has 0 aliphatic carbocycles. The van der Waals surface area contributed by atoms with Crippen LogP contribution in [0.3, 0.4) is 0 Å². The Morgan fingerprint density at radius 1 is 0.542 bits per heavy atom. The van der Waals surface area contributed by atoms with Crippen molar-refractivity contribution in [3.05, 3.63) is 0 Å². The fourth-order valence-corrected chi connectivity index (χ4v) is 5.15. The Kier molecular flexibility index (Phi) is 24.5. The molecule has 0 saturated heterocycles. The van der Waals surface area contributed by atoms with Crippen LogP contribution in [0.5, 0.6) is 0 Å². The van der Waals surface area contributed by atoms with Gasteiger partial charge in [-0.25, -0.2) is 0 Å². The van der Waals surface area contributed by atoms with Crippen molar-refractivity contribution in [3.8, 4) is 0 Å². The molecule has 0 rings (SSSR count). The predicted octanol–water partition coefficient (Wildman–Crippen LogP) is 2.50. The first kappa shape index (κ1) is 31.2. The average molecular weight is 441 g/mol. The van der Waals surface area contributed by atoms with Gasteiger partial charge in [0.2, 0.25) is 0 Å². The third-order valence-electron chi connectivity index (χ3n) is 2.84. The van der Waals surface area contributed by atoms with E-state index in [1.165, 1.54) is 0 Å². The predicted molar refractivity (Wildman–Crippen MR) is 106 cm³/mol. The minimum absolute atomic E-state index is 0. The van der Waals surface area contributed by atoms with E-state index in [1.807, 2.05) is 0 Å². The number of hydrogen-bond acceptors (Lipinski definition) is 6. The first-order chi connectivity index (χ1) is 10.2. The van der Waals surface area contributed by atoms with Crippen LogP contribution < -0.4 is 0 Å². The third kappa shape index (κ3) is 29.3. The van der Waals surface area contributed by atoms with Crippen molar-refractivity contribution in [2.75, 3.05) is 23.0 Å². The van der Waals surface area contributed by atoms with Gasteiger partial charge in [0.05, 0.1) is 11.5 Å². The fraction of sp³-hybridized carbons (Fsp3) is 1.00. The minimum Gasteiger partial charge on any atom is -0.286 e. The summed E-state index contributed by atoms with van der Waals surface area (Å²) in [7, 11) is -4.01. The van der Waals surface area contributed by atoms with Gasteiger partial charge in [-0.15, -0.1) is 0 Å². The molecular formula is C12H26Na2O6S4. The summed E-state index contributed by atoms with van der Waals surface area (Å²) in [6, 6.07) is 0. The molecule has 12 heteroatoms. The Morgan fingerprint density at radius 3 is 1.12 bits per heavy atom. The van der Waals surface area contributed by atoms with Gasteiger partial charge in [0, 0.05) is 70.6 Å². The van der Waals surface area contributed by atoms with E-state index in [1.54, 1.807) is 21.6 Å². The average Bonchev–Trinajstić information content (AvgIpc) is 2.36. The molecule has 0 atom stereocenters. The van der Waals surface area contributed by atoms with E-state index in [4.69, 9.17) is 9.11 Å². The summed E-state index contributed by atoms with van der Waals surface area (Å²) in [6.45, 7) is 0. The van der Waals surface area contributed by atoms with Gasteiger partial charge in [0.1, 0.15) is 0 Å². The van der Waals surface area contributed by atoms with Crippen LogP contribution in [0.4, 0.5) is 0 Å². The number of unbranched alkanes of at least 4 members (excludes halogenated alkanes) is 6. The molecule has 136 valence electrons. The summed E-state index contributed by atoms with van der Waals surface area (Å²) >= 11 is 0. The second-order valence-corrected chi connectivity index (χ2v) is 10.9. The Labute approximate surface area is 198 Å². The summed E-state index contributed by atoms with van der Waals surface area (Å²) in [5.41, 5.74) is 0. The Hall–Kier alpha value is 2.52. The third-order valence-corrected chi connectivity index (χ3v) is 7.03. The summed E-state index contributed by atoms with van der Waals surface area (Å²) in [4.78, 5) is 0. The van der Waals surface area contributed by atoms with Crippen LogP contribution in [0.1, 0.15) is 51.4 Å². The fourth-order valence-electron chi connectivity index (χ4n) is 1.72. The zero-order valence-electron chi connectivity index (χ0n) is 14.6. The van der Waals surface area contributed by atoms with E-state index in [0.29, 0.717) is 12.8 Å². The van der Waals surface area contributed by atoms with Gasteiger partial charge in [-0.3, -0.25) is 9.11 Å². The van der Waals surface area contributed by atoms with E-state index in [2.05, 4.69) is 0 Å². The van der Waals surface area contributed by atoms with E-state index >= 15 is 0 Å². The van der Waals surface area contributed by atoms with Crippen molar-refractivity contribution in [1.29, 1.82) is 0 Å². The van der Waals surface area contributed by atoms with Crippen molar-refractivity contribution in [1.82, 2.24) is 0 Å². The van der Waals surface area contributed by atoms with Crippen LogP contribution in [-0.2, 0) is 20.2 Å². The van der Waals surface area contributed by atoms with Gasteiger partial charge in [0.25, 0.3) is 20.2 Å². The zero-order valence-corrected chi connectivity index (χ0v) is 21.9. The van der Waals surface area contributed by atoms with Crippen LogP contribution in [0.15, 0.2) is 0 Å². The van der Waals surface area contributed by atoms with Crippen LogP contribution >= 0.6 is 21.6 Å². The van der Waals surface area contributed by atoms with Crippen LogP contribution in [0.25, 0.3) is 0 Å². The van der Waals surface area contributed by atoms with E-state index in [-0.39, 0.29) is 70.6 Å². The SMILES string of the molecule is O=S(=O)(O)CCCCCCSSCCCCCCS(=O)(=O)O.[Na].[Na]. The topological polar surface area (TPSA) is 109 Å². The van der Waals surface area contributed by atoms with Crippen LogP contribution in [0.2, 0.25) is 0 Å². The van der Waals surface area contributed by atoms with Crippen LogP contribution in [0, 0.1) is 0 Å². The van der Waals surface area contributed by atoms with Crippen LogP contribution in [-0.4, -0.2) is 108 Å². The molecule has 0 spiro atoms. The molecule has 0 unspecified atom stereocenters. The maximum atomic E-state index is 10.5. The first-order valence-electron chi connectivity index (χ1n) is 7.35. The standard InChI is InChI=1S/C12H26O6S4.2Na/c13-21(14,15)11-7-3-1-5-9-19-20-10-6-2-4-8-12-22(16,17)18;;/h1-12H2,(H,13,14,15)(H,16,17,18);;. The van der Waals surface area contributed by atoms with Gasteiger partial charge < -0.3 is 0 Å². The van der Waals surface area contributed by atoms with Crippen molar-refractivity contribution < 1.29 is 25.9 Å². The normalized spacial score (nSPS) is 11.6. The number of hydrogen-bond donors (Lipinski definition) is 2. The monoisotopic (exact) mass is 440 g/mol.